The van der Waals surface area contributed by atoms with Gasteiger partial charge in [-0.25, -0.2) is 9.59 Å². The van der Waals surface area contributed by atoms with Crippen LogP contribution in [0.25, 0.3) is 0 Å². The molecule has 5 nitrogen and oxygen atoms in total. The van der Waals surface area contributed by atoms with Gasteiger partial charge in [0.15, 0.2) is 0 Å². The molecule has 0 saturated carbocycles. The smallest absolute Gasteiger partial charge is 0.337 e. The number of carbonyl (C=O) groups excluding carboxylic acids is 1. The predicted octanol–water partition coefficient (Wildman–Crippen LogP) is 3.45. The minimum atomic E-state index is -1.07. The van der Waals surface area contributed by atoms with Crippen molar-refractivity contribution >= 4 is 40.6 Å². The van der Waals surface area contributed by atoms with Crippen molar-refractivity contribution in [3.63, 3.8) is 0 Å². The first-order valence-corrected chi connectivity index (χ1v) is 7.26. The molecular weight excluding hydrogens is 312 g/mol. The number of urea groups is 1. The fourth-order valence-corrected chi connectivity index (χ4v) is 2.81. The fourth-order valence-electron chi connectivity index (χ4n) is 1.78. The summed E-state index contributed by atoms with van der Waals surface area (Å²) in [7, 11) is 1.53. The van der Waals surface area contributed by atoms with E-state index in [0.717, 1.165) is 4.88 Å². The molecule has 2 N–H and O–H groups in total. The summed E-state index contributed by atoms with van der Waals surface area (Å²) in [5, 5.41) is 11.9. The van der Waals surface area contributed by atoms with E-state index in [-0.39, 0.29) is 11.6 Å². The Kier molecular flexibility index (Phi) is 4.82. The molecule has 0 saturated heterocycles. The van der Waals surface area contributed by atoms with Crippen LogP contribution in [0.1, 0.15) is 15.2 Å². The zero-order valence-electron chi connectivity index (χ0n) is 11.2. The largest absolute Gasteiger partial charge is 0.478 e. The van der Waals surface area contributed by atoms with E-state index in [9.17, 15) is 9.59 Å². The molecule has 7 heteroatoms. The van der Waals surface area contributed by atoms with Gasteiger partial charge in [0.25, 0.3) is 0 Å². The van der Waals surface area contributed by atoms with Crippen molar-refractivity contribution in [3.05, 3.63) is 51.2 Å². The van der Waals surface area contributed by atoms with E-state index >= 15 is 0 Å². The Morgan fingerprint density at radius 2 is 2.00 bits per heavy atom. The van der Waals surface area contributed by atoms with Crippen molar-refractivity contribution in [2.24, 2.45) is 0 Å². The third kappa shape index (κ3) is 3.74. The molecule has 110 valence electrons. The van der Waals surface area contributed by atoms with Crippen molar-refractivity contribution in [1.82, 2.24) is 5.32 Å². The summed E-state index contributed by atoms with van der Waals surface area (Å²) < 4.78 is 0.656. The normalized spacial score (nSPS) is 10.2. The lowest BCUT2D eigenvalue weighted by atomic mass is 10.1. The summed E-state index contributed by atoms with van der Waals surface area (Å²) in [6.45, 7) is 0.343. The first kappa shape index (κ1) is 15.3. The van der Waals surface area contributed by atoms with E-state index in [1.165, 1.54) is 29.4 Å². The number of aromatic carboxylic acids is 1. The highest BCUT2D eigenvalue weighted by molar-refractivity contribution is 7.16. The average Bonchev–Trinajstić information content (AvgIpc) is 2.89. The van der Waals surface area contributed by atoms with Gasteiger partial charge in [0, 0.05) is 11.9 Å². The van der Waals surface area contributed by atoms with Gasteiger partial charge < -0.3 is 10.4 Å². The molecule has 0 aliphatic rings. The highest BCUT2D eigenvalue weighted by Gasteiger charge is 2.17. The monoisotopic (exact) mass is 324 g/mol. The van der Waals surface area contributed by atoms with E-state index in [2.05, 4.69) is 5.32 Å². The van der Waals surface area contributed by atoms with Gasteiger partial charge in [-0.2, -0.15) is 0 Å². The Morgan fingerprint density at radius 3 is 2.62 bits per heavy atom. The van der Waals surface area contributed by atoms with E-state index in [4.69, 9.17) is 16.7 Å². The Morgan fingerprint density at radius 1 is 1.29 bits per heavy atom. The van der Waals surface area contributed by atoms with E-state index in [1.807, 2.05) is 6.07 Å². The second kappa shape index (κ2) is 6.60. The van der Waals surface area contributed by atoms with Crippen LogP contribution in [0.2, 0.25) is 4.34 Å². The molecule has 0 unspecified atom stereocenters. The number of hydrogen-bond donors (Lipinski definition) is 2. The van der Waals surface area contributed by atoms with Gasteiger partial charge in [-0.15, -0.1) is 11.3 Å². The number of nitrogens with one attached hydrogen (secondary N) is 1. The molecule has 1 heterocycles. The number of hydrogen-bond acceptors (Lipinski definition) is 3. The van der Waals surface area contributed by atoms with Crippen LogP contribution in [0.4, 0.5) is 10.5 Å². The molecular formula is C14H13ClN2O3S. The van der Waals surface area contributed by atoms with Gasteiger partial charge >= 0.3 is 12.0 Å². The zero-order chi connectivity index (χ0) is 15.4. The molecule has 21 heavy (non-hydrogen) atoms. The lowest BCUT2D eigenvalue weighted by Crippen LogP contribution is -2.37. The van der Waals surface area contributed by atoms with Gasteiger partial charge in [-0.3, -0.25) is 4.90 Å². The predicted molar refractivity (Wildman–Crippen MR) is 83.4 cm³/mol. The van der Waals surface area contributed by atoms with Crippen LogP contribution in [0, 0.1) is 0 Å². The maximum atomic E-state index is 12.1. The molecule has 0 bridgehead atoms. The quantitative estimate of drug-likeness (QED) is 0.905. The molecule has 1 aromatic heterocycles. The number of anilines is 1. The number of thiophene rings is 1. The third-order valence-electron chi connectivity index (χ3n) is 2.84. The molecule has 2 rings (SSSR count). The maximum Gasteiger partial charge on any atom is 0.337 e. The molecule has 0 atom stereocenters. The molecule has 2 amide bonds. The van der Waals surface area contributed by atoms with Crippen LogP contribution < -0.4 is 10.2 Å². The lowest BCUT2D eigenvalue weighted by Gasteiger charge is -2.19. The minimum Gasteiger partial charge on any atom is -0.478 e. The first-order valence-electron chi connectivity index (χ1n) is 6.07. The highest BCUT2D eigenvalue weighted by atomic mass is 35.5. The van der Waals surface area contributed by atoms with Crippen LogP contribution in [0.3, 0.4) is 0 Å². The van der Waals surface area contributed by atoms with Gasteiger partial charge in [-0.1, -0.05) is 23.7 Å². The van der Waals surface area contributed by atoms with Gasteiger partial charge in [0.2, 0.25) is 0 Å². The molecule has 2 aromatic rings. The molecule has 1 aromatic carbocycles. The Labute approximate surface area is 130 Å². The lowest BCUT2D eigenvalue weighted by molar-refractivity contribution is 0.0697. The zero-order valence-corrected chi connectivity index (χ0v) is 12.7. The number of carboxylic acids is 1. The summed E-state index contributed by atoms with van der Waals surface area (Å²) in [6, 6.07) is 9.56. The van der Waals surface area contributed by atoms with E-state index in [0.29, 0.717) is 16.6 Å². The summed E-state index contributed by atoms with van der Waals surface area (Å²) in [5.74, 6) is -1.07. The van der Waals surface area contributed by atoms with Crippen molar-refractivity contribution in [1.29, 1.82) is 0 Å². The second-order valence-corrected chi connectivity index (χ2v) is 6.05. The number of halogens is 1. The Balaban J connectivity index is 2.07. The number of nitrogens with zero attached hydrogens (tertiary/aromatic N) is 1. The summed E-state index contributed by atoms with van der Waals surface area (Å²) in [4.78, 5) is 25.5. The van der Waals surface area contributed by atoms with Gasteiger partial charge in [0.05, 0.1) is 22.1 Å². The summed E-state index contributed by atoms with van der Waals surface area (Å²) in [5.41, 5.74) is 0.418. The second-order valence-electron chi connectivity index (χ2n) is 4.25. The number of benzene rings is 1. The number of rotatable bonds is 4. The van der Waals surface area contributed by atoms with Crippen molar-refractivity contribution in [2.45, 2.75) is 6.54 Å². The SMILES string of the molecule is CN(C(=O)NCc1ccc(Cl)s1)c1ccccc1C(=O)O. The first-order chi connectivity index (χ1) is 9.99. The molecule has 0 fully saturated rings. The highest BCUT2D eigenvalue weighted by Crippen LogP contribution is 2.22. The standard InChI is InChI=1S/C14H13ClN2O3S/c1-17(11-5-3-2-4-10(11)13(18)19)14(20)16-8-9-6-7-12(15)21-9/h2-7H,8H2,1H3,(H,16,20)(H,18,19). The Hall–Kier alpha value is -2.05. The molecule has 0 aliphatic heterocycles. The average molecular weight is 325 g/mol. The van der Waals surface area contributed by atoms with Crippen LogP contribution in [0.15, 0.2) is 36.4 Å². The van der Waals surface area contributed by atoms with Crippen LogP contribution in [0.5, 0.6) is 0 Å². The van der Waals surface area contributed by atoms with Crippen LogP contribution >= 0.6 is 22.9 Å². The number of carboxylic acid groups (broad SMARTS) is 1. The summed E-state index contributed by atoms with van der Waals surface area (Å²) >= 11 is 7.20. The summed E-state index contributed by atoms with van der Waals surface area (Å²) in [6.07, 6.45) is 0. The maximum absolute atomic E-state index is 12.1. The minimum absolute atomic E-state index is 0.0781. The third-order valence-corrected chi connectivity index (χ3v) is 4.07. The van der Waals surface area contributed by atoms with Crippen molar-refractivity contribution < 1.29 is 14.7 Å². The van der Waals surface area contributed by atoms with E-state index < -0.39 is 5.97 Å². The molecule has 0 aliphatic carbocycles. The fraction of sp³-hybridized carbons (Fsp3) is 0.143. The van der Waals surface area contributed by atoms with Crippen molar-refractivity contribution in [3.8, 4) is 0 Å². The van der Waals surface area contributed by atoms with Crippen LogP contribution in [-0.2, 0) is 6.54 Å². The van der Waals surface area contributed by atoms with Gasteiger partial charge in [0.1, 0.15) is 0 Å². The Bertz CT molecular complexity index is 672. The number of carbonyl (C=O) groups is 2. The number of amides is 2. The van der Waals surface area contributed by atoms with Crippen LogP contribution in [-0.4, -0.2) is 24.2 Å². The van der Waals surface area contributed by atoms with Gasteiger partial charge in [-0.05, 0) is 24.3 Å². The van der Waals surface area contributed by atoms with Crippen molar-refractivity contribution in [2.75, 3.05) is 11.9 Å². The molecule has 0 radical (unpaired) electrons. The topological polar surface area (TPSA) is 69.6 Å². The van der Waals surface area contributed by atoms with E-state index in [1.54, 1.807) is 24.3 Å². The molecule has 0 spiro atoms. The number of para-hydroxylation sites is 1.